The number of hydrogen-bond donors (Lipinski definition) is 2. The average molecular weight is 382 g/mol. The van der Waals surface area contributed by atoms with Crippen molar-refractivity contribution < 1.29 is 14.5 Å². The number of rotatable bonds is 4. The number of nitro groups is 1. The van der Waals surface area contributed by atoms with Crippen LogP contribution in [0.15, 0.2) is 54.7 Å². The maximum atomic E-state index is 12.4. The van der Waals surface area contributed by atoms with Crippen LogP contribution in [0.5, 0.6) is 5.75 Å². The van der Waals surface area contributed by atoms with Crippen LogP contribution in [-0.2, 0) is 0 Å². The lowest BCUT2D eigenvalue weighted by Crippen LogP contribution is -2.34. The largest absolute Gasteiger partial charge is 0.490 e. The molecule has 0 aliphatic heterocycles. The molecule has 1 aromatic heterocycles. The van der Waals surface area contributed by atoms with E-state index in [2.05, 4.69) is 15.6 Å². The topological polar surface area (TPSA) is 106 Å². The van der Waals surface area contributed by atoms with Gasteiger partial charge in [0.15, 0.2) is 10.9 Å². The molecule has 0 radical (unpaired) electrons. The average Bonchev–Trinajstić information content (AvgIpc) is 2.67. The lowest BCUT2D eigenvalue weighted by atomic mass is 10.1. The minimum absolute atomic E-state index is 0.0524. The molecule has 0 spiro atoms. The Morgan fingerprint density at radius 2 is 2.00 bits per heavy atom. The molecule has 136 valence electrons. The third-order valence-corrected chi connectivity index (χ3v) is 3.95. The van der Waals surface area contributed by atoms with Crippen molar-refractivity contribution in [2.75, 3.05) is 12.4 Å². The molecule has 3 rings (SSSR count). The fourth-order valence-electron chi connectivity index (χ4n) is 2.51. The van der Waals surface area contributed by atoms with Gasteiger partial charge in [-0.2, -0.15) is 0 Å². The van der Waals surface area contributed by atoms with Gasteiger partial charge in [-0.25, -0.2) is 0 Å². The van der Waals surface area contributed by atoms with E-state index in [4.69, 9.17) is 17.0 Å². The summed E-state index contributed by atoms with van der Waals surface area (Å²) in [6.07, 6.45) is 1.66. The third kappa shape index (κ3) is 3.98. The number of nitro benzene ring substituents is 1. The van der Waals surface area contributed by atoms with E-state index in [0.717, 1.165) is 11.5 Å². The Balaban J connectivity index is 1.77. The van der Waals surface area contributed by atoms with E-state index in [1.807, 2.05) is 24.3 Å². The number of methoxy groups -OCH3 is 1. The first-order valence-electron chi connectivity index (χ1n) is 7.78. The fourth-order valence-corrected chi connectivity index (χ4v) is 2.71. The Labute approximate surface area is 159 Å². The number of nitrogens with zero attached hydrogens (tertiary/aromatic N) is 2. The van der Waals surface area contributed by atoms with Crippen LogP contribution in [0, 0.1) is 10.1 Å². The number of carbonyl (C=O) groups excluding carboxylic acids is 1. The maximum absolute atomic E-state index is 12.4. The Bertz CT molecular complexity index is 1050. The summed E-state index contributed by atoms with van der Waals surface area (Å²) in [5.41, 5.74) is 1.13. The number of para-hydroxylation sites is 1. The minimum Gasteiger partial charge on any atom is -0.490 e. The first-order valence-corrected chi connectivity index (χ1v) is 8.19. The summed E-state index contributed by atoms with van der Waals surface area (Å²) in [5.74, 6) is -0.509. The van der Waals surface area contributed by atoms with E-state index in [1.165, 1.54) is 19.2 Å². The first kappa shape index (κ1) is 18.2. The van der Waals surface area contributed by atoms with Gasteiger partial charge >= 0.3 is 5.69 Å². The molecule has 0 saturated carbocycles. The number of nitrogens with one attached hydrogen (secondary N) is 2. The highest BCUT2D eigenvalue weighted by atomic mass is 32.1. The van der Waals surface area contributed by atoms with Crippen molar-refractivity contribution in [2.24, 2.45) is 0 Å². The molecule has 27 heavy (non-hydrogen) atoms. The smallest absolute Gasteiger partial charge is 0.311 e. The number of benzene rings is 2. The lowest BCUT2D eigenvalue weighted by molar-refractivity contribution is -0.385. The summed E-state index contributed by atoms with van der Waals surface area (Å²) in [6, 6.07) is 13.2. The highest BCUT2D eigenvalue weighted by Crippen LogP contribution is 2.27. The predicted octanol–water partition coefficient (Wildman–Crippen LogP) is 3.28. The predicted molar refractivity (Wildman–Crippen MR) is 105 cm³/mol. The number of fused-ring (bicyclic) bond motifs is 1. The molecule has 9 heteroatoms. The van der Waals surface area contributed by atoms with Gasteiger partial charge < -0.3 is 10.1 Å². The van der Waals surface area contributed by atoms with Gasteiger partial charge in [0, 0.05) is 23.2 Å². The van der Waals surface area contributed by atoms with Crippen LogP contribution in [-0.4, -0.2) is 28.0 Å². The number of carbonyl (C=O) groups is 1. The van der Waals surface area contributed by atoms with Gasteiger partial charge in [-0.05, 0) is 36.5 Å². The molecule has 2 aromatic carbocycles. The zero-order chi connectivity index (χ0) is 19.4. The quantitative estimate of drug-likeness (QED) is 0.405. The molecule has 1 amide bonds. The summed E-state index contributed by atoms with van der Waals surface area (Å²) in [5, 5.41) is 17.5. The second-order valence-corrected chi connectivity index (χ2v) is 5.84. The van der Waals surface area contributed by atoms with E-state index in [-0.39, 0.29) is 22.1 Å². The van der Waals surface area contributed by atoms with Crippen LogP contribution < -0.4 is 15.4 Å². The van der Waals surface area contributed by atoms with Gasteiger partial charge in [-0.1, -0.05) is 18.2 Å². The van der Waals surface area contributed by atoms with Gasteiger partial charge in [0.25, 0.3) is 5.91 Å². The van der Waals surface area contributed by atoms with Crippen molar-refractivity contribution in [3.63, 3.8) is 0 Å². The number of hydrogen-bond acceptors (Lipinski definition) is 6. The minimum atomic E-state index is -0.617. The number of thiocarbonyl (C=S) groups is 1. The fraction of sp³-hybridized carbons (Fsp3) is 0.0556. The van der Waals surface area contributed by atoms with Gasteiger partial charge in [-0.15, -0.1) is 0 Å². The summed E-state index contributed by atoms with van der Waals surface area (Å²) in [4.78, 5) is 27.1. The molecular weight excluding hydrogens is 368 g/mol. The molecule has 3 aromatic rings. The Morgan fingerprint density at radius 3 is 2.74 bits per heavy atom. The summed E-state index contributed by atoms with van der Waals surface area (Å²) >= 11 is 5.18. The second-order valence-electron chi connectivity index (χ2n) is 5.43. The number of amides is 1. The van der Waals surface area contributed by atoms with Crippen molar-refractivity contribution in [3.8, 4) is 5.75 Å². The van der Waals surface area contributed by atoms with E-state index < -0.39 is 10.8 Å². The number of anilines is 1. The first-order chi connectivity index (χ1) is 13.0. The van der Waals surface area contributed by atoms with Crippen molar-refractivity contribution in [1.82, 2.24) is 10.3 Å². The van der Waals surface area contributed by atoms with Crippen LogP contribution in [0.25, 0.3) is 10.9 Å². The number of aromatic nitrogens is 1. The molecule has 0 bridgehead atoms. The molecule has 0 fully saturated rings. The van der Waals surface area contributed by atoms with Crippen LogP contribution in [0.2, 0.25) is 0 Å². The number of ether oxygens (including phenoxy) is 1. The van der Waals surface area contributed by atoms with Crippen LogP contribution in [0.3, 0.4) is 0 Å². The monoisotopic (exact) mass is 382 g/mol. The highest BCUT2D eigenvalue weighted by molar-refractivity contribution is 7.80. The normalized spacial score (nSPS) is 10.3. The Hall–Kier alpha value is -3.59. The summed E-state index contributed by atoms with van der Waals surface area (Å²) < 4.78 is 4.92. The van der Waals surface area contributed by atoms with Crippen LogP contribution >= 0.6 is 12.2 Å². The van der Waals surface area contributed by atoms with Crippen LogP contribution in [0.4, 0.5) is 11.4 Å². The molecule has 0 aliphatic rings. The molecule has 8 nitrogen and oxygen atoms in total. The van der Waals surface area contributed by atoms with Crippen molar-refractivity contribution in [2.45, 2.75) is 0 Å². The van der Waals surface area contributed by atoms with Crippen LogP contribution in [0.1, 0.15) is 10.4 Å². The van der Waals surface area contributed by atoms with Crippen molar-refractivity contribution >= 4 is 45.5 Å². The van der Waals surface area contributed by atoms with E-state index in [0.29, 0.717) is 11.2 Å². The van der Waals surface area contributed by atoms with Gasteiger partial charge in [0.05, 0.1) is 23.2 Å². The lowest BCUT2D eigenvalue weighted by Gasteiger charge is -2.11. The number of pyridine rings is 1. The van der Waals surface area contributed by atoms with E-state index >= 15 is 0 Å². The highest BCUT2D eigenvalue weighted by Gasteiger charge is 2.18. The van der Waals surface area contributed by atoms with E-state index in [1.54, 1.807) is 12.3 Å². The molecular formula is C18H14N4O4S. The zero-order valence-corrected chi connectivity index (χ0v) is 14.9. The van der Waals surface area contributed by atoms with Gasteiger partial charge in [-0.3, -0.25) is 25.2 Å². The SMILES string of the molecule is COc1ccc(C(=O)NC(=S)Nc2cccc3cccnc23)cc1[N+](=O)[O-]. The Kier molecular flexibility index (Phi) is 5.23. The molecule has 1 heterocycles. The summed E-state index contributed by atoms with van der Waals surface area (Å²) in [6.45, 7) is 0. The van der Waals surface area contributed by atoms with E-state index in [9.17, 15) is 14.9 Å². The molecule has 0 unspecified atom stereocenters. The van der Waals surface area contributed by atoms with Crippen molar-refractivity contribution in [3.05, 3.63) is 70.4 Å². The Morgan fingerprint density at radius 1 is 1.22 bits per heavy atom. The van der Waals surface area contributed by atoms with Gasteiger partial charge in [0.1, 0.15) is 0 Å². The molecule has 0 aliphatic carbocycles. The second kappa shape index (κ2) is 7.75. The molecule has 2 N–H and O–H groups in total. The molecule has 0 atom stereocenters. The third-order valence-electron chi connectivity index (χ3n) is 3.75. The summed E-state index contributed by atoms with van der Waals surface area (Å²) in [7, 11) is 1.32. The molecule has 0 saturated heterocycles. The maximum Gasteiger partial charge on any atom is 0.311 e. The van der Waals surface area contributed by atoms with Crippen molar-refractivity contribution in [1.29, 1.82) is 0 Å². The standard InChI is InChI=1S/C18H14N4O4S/c1-26-15-8-7-12(10-14(15)22(24)25)17(23)21-18(27)20-13-6-2-4-11-5-3-9-19-16(11)13/h2-10H,1H3,(H2,20,21,23,27). The zero-order valence-electron chi connectivity index (χ0n) is 14.1. The van der Waals surface area contributed by atoms with Gasteiger partial charge in [0.2, 0.25) is 0 Å².